The lowest BCUT2D eigenvalue weighted by Gasteiger charge is -2.12. The number of benzene rings is 8. The van der Waals surface area contributed by atoms with Gasteiger partial charge in [-0.2, -0.15) is 0 Å². The van der Waals surface area contributed by atoms with Gasteiger partial charge in [-0.25, -0.2) is 15.0 Å². The first-order valence-corrected chi connectivity index (χ1v) is 17.8. The number of rotatable bonds is 7. The van der Waals surface area contributed by atoms with E-state index >= 15 is 0 Å². The average molecular weight is 712 g/mol. The lowest BCUT2D eigenvalue weighted by Crippen LogP contribution is -2.01. The van der Waals surface area contributed by atoms with Crippen molar-refractivity contribution in [1.29, 1.82) is 0 Å². The van der Waals surface area contributed by atoms with Gasteiger partial charge in [0.2, 0.25) is 0 Å². The molecule has 0 bridgehead atoms. The van der Waals surface area contributed by atoms with Crippen molar-refractivity contribution in [3.05, 3.63) is 206 Å². The van der Waals surface area contributed by atoms with Gasteiger partial charge in [0.1, 0.15) is 0 Å². The van der Waals surface area contributed by atoms with Crippen molar-refractivity contribution < 1.29 is 12.3 Å². The topological polar surface area (TPSA) is 43.6 Å². The van der Waals surface area contributed by atoms with Gasteiger partial charge < -0.3 is 4.57 Å². The zero-order chi connectivity index (χ0) is 44.4. The summed E-state index contributed by atoms with van der Waals surface area (Å²) in [4.78, 5) is 14.9. The highest BCUT2D eigenvalue weighted by Crippen LogP contribution is 2.39. The van der Waals surface area contributed by atoms with Gasteiger partial charge in [0.15, 0.2) is 17.5 Å². The Bertz CT molecular complexity index is 3440. The van der Waals surface area contributed by atoms with Crippen LogP contribution in [0.5, 0.6) is 0 Å². The van der Waals surface area contributed by atoms with Crippen molar-refractivity contribution in [2.24, 2.45) is 0 Å². The van der Waals surface area contributed by atoms with E-state index in [1.54, 1.807) is 22.8 Å². The van der Waals surface area contributed by atoms with Crippen LogP contribution in [0.15, 0.2) is 206 Å². The molecule has 0 spiro atoms. The predicted molar refractivity (Wildman–Crippen MR) is 227 cm³/mol. The second-order valence-electron chi connectivity index (χ2n) is 13.0. The largest absolute Gasteiger partial charge is 0.309 e. The van der Waals surface area contributed by atoms with Gasteiger partial charge in [-0.1, -0.05) is 182 Å². The lowest BCUT2D eigenvalue weighted by molar-refractivity contribution is 1.07. The standard InChI is InChI=1S/C51H34N4/c1-4-15-37(16-5-1)42-21-10-11-22-44(42)51-53-49(39-19-8-3-9-20-39)52-50(54-51)40-29-27-35(28-30-40)36-31-33-41(34-32-36)55-46-25-13-12-23-45(46)48-43(24-14-26-47(48)55)38-17-6-2-7-18-38/h1-34H/i2D,6D,7D,12D,13D,17D,18D,23D,25D. The molecule has 0 unspecified atom stereocenters. The quantitative estimate of drug-likeness (QED) is 0.165. The molecule has 4 nitrogen and oxygen atoms in total. The van der Waals surface area contributed by atoms with Crippen LogP contribution < -0.4 is 0 Å². The van der Waals surface area contributed by atoms with Crippen molar-refractivity contribution in [2.75, 3.05) is 0 Å². The van der Waals surface area contributed by atoms with Crippen molar-refractivity contribution in [2.45, 2.75) is 0 Å². The number of hydrogen-bond donors (Lipinski definition) is 0. The Morgan fingerprint density at radius 2 is 0.873 bits per heavy atom. The predicted octanol–water partition coefficient (Wildman–Crippen LogP) is 13.0. The van der Waals surface area contributed by atoms with Crippen molar-refractivity contribution in [1.82, 2.24) is 19.5 Å². The molecule has 0 saturated carbocycles. The molecule has 4 heteroatoms. The van der Waals surface area contributed by atoms with Gasteiger partial charge in [0.25, 0.3) is 0 Å². The maximum Gasteiger partial charge on any atom is 0.164 e. The molecule has 0 atom stereocenters. The van der Waals surface area contributed by atoms with Crippen molar-refractivity contribution >= 4 is 21.8 Å². The SMILES string of the molecule is [2H]c1c([2H])c([2H])c(-c2cccc3c2c2c([2H])c([2H])c([2H])c([2H])c2n3-c2ccc(-c3ccc(-c4nc(-c5ccccc5)nc(-c5ccccc5-c5ccccc5)n4)cc3)cc2)c([2H])c1[2H]. The molecule has 10 rings (SSSR count). The molecule has 0 fully saturated rings. The third kappa shape index (κ3) is 5.96. The van der Waals surface area contributed by atoms with Crippen LogP contribution in [-0.2, 0) is 0 Å². The molecule has 2 heterocycles. The van der Waals surface area contributed by atoms with Gasteiger partial charge in [-0.3, -0.25) is 0 Å². The number of hydrogen-bond acceptors (Lipinski definition) is 3. The molecule has 2 aromatic heterocycles. The molecule has 0 aliphatic rings. The molecule has 55 heavy (non-hydrogen) atoms. The Balaban J connectivity index is 1.07. The van der Waals surface area contributed by atoms with E-state index in [0.29, 0.717) is 34.1 Å². The molecule has 0 aliphatic carbocycles. The normalized spacial score (nSPS) is 13.6. The summed E-state index contributed by atoms with van der Waals surface area (Å²) < 4.78 is 79.4. The van der Waals surface area contributed by atoms with Crippen LogP contribution in [0, 0.1) is 0 Å². The van der Waals surface area contributed by atoms with Gasteiger partial charge in [-0.15, -0.1) is 0 Å². The van der Waals surface area contributed by atoms with E-state index in [1.807, 2.05) is 115 Å². The highest BCUT2D eigenvalue weighted by molar-refractivity contribution is 6.15. The number of nitrogens with zero attached hydrogens (tertiary/aromatic N) is 4. The van der Waals surface area contributed by atoms with E-state index in [0.717, 1.165) is 38.9 Å². The Hall–Kier alpha value is -7.43. The minimum Gasteiger partial charge on any atom is -0.309 e. The Morgan fingerprint density at radius 3 is 1.58 bits per heavy atom. The highest BCUT2D eigenvalue weighted by atomic mass is 15.0. The van der Waals surface area contributed by atoms with Gasteiger partial charge in [-0.05, 0) is 57.6 Å². The number of aromatic nitrogens is 4. The molecule has 0 N–H and O–H groups in total. The van der Waals surface area contributed by atoms with Crippen LogP contribution >= 0.6 is 0 Å². The Morgan fingerprint density at radius 1 is 0.345 bits per heavy atom. The molecule has 10 aromatic rings. The first kappa shape index (κ1) is 24.0. The van der Waals surface area contributed by atoms with Crippen LogP contribution in [0.25, 0.3) is 95.0 Å². The first-order chi connectivity index (χ1) is 31.0. The van der Waals surface area contributed by atoms with Gasteiger partial charge >= 0.3 is 0 Å². The van der Waals surface area contributed by atoms with E-state index in [9.17, 15) is 0 Å². The highest BCUT2D eigenvalue weighted by Gasteiger charge is 2.17. The monoisotopic (exact) mass is 711 g/mol. The fraction of sp³-hybridized carbons (Fsp3) is 0. The maximum absolute atomic E-state index is 9.06. The van der Waals surface area contributed by atoms with Crippen LogP contribution in [0.2, 0.25) is 0 Å². The molecule has 8 aromatic carbocycles. The molecule has 0 amide bonds. The van der Waals surface area contributed by atoms with Crippen molar-refractivity contribution in [3.8, 4) is 73.2 Å². The minimum absolute atomic E-state index is 0.0523. The van der Waals surface area contributed by atoms with E-state index in [1.165, 1.54) is 0 Å². The third-order valence-corrected chi connectivity index (χ3v) is 9.72. The molecule has 0 saturated heterocycles. The van der Waals surface area contributed by atoms with Crippen LogP contribution in [0.1, 0.15) is 12.3 Å². The third-order valence-electron chi connectivity index (χ3n) is 9.72. The summed E-state index contributed by atoms with van der Waals surface area (Å²) in [5, 5.41) is 0.534. The zero-order valence-corrected chi connectivity index (χ0v) is 29.2. The minimum atomic E-state index is -0.525. The lowest BCUT2D eigenvalue weighted by atomic mass is 9.99. The van der Waals surface area contributed by atoms with E-state index in [4.69, 9.17) is 27.3 Å². The summed E-state index contributed by atoms with van der Waals surface area (Å²) in [6.07, 6.45) is 0. The summed E-state index contributed by atoms with van der Waals surface area (Å²) in [5.74, 6) is 1.63. The molecule has 0 radical (unpaired) electrons. The smallest absolute Gasteiger partial charge is 0.164 e. The molecule has 258 valence electrons. The summed E-state index contributed by atoms with van der Waals surface area (Å²) in [6, 6.07) is 44.9. The summed E-state index contributed by atoms with van der Waals surface area (Å²) in [6.45, 7) is 0. The molecule has 0 aliphatic heterocycles. The van der Waals surface area contributed by atoms with Crippen LogP contribution in [0.4, 0.5) is 0 Å². The number of para-hydroxylation sites is 1. The maximum atomic E-state index is 9.06. The van der Waals surface area contributed by atoms with Gasteiger partial charge in [0.05, 0.1) is 23.4 Å². The fourth-order valence-electron chi connectivity index (χ4n) is 7.13. The van der Waals surface area contributed by atoms with Crippen molar-refractivity contribution in [3.63, 3.8) is 0 Å². The molecular weight excluding hydrogens is 669 g/mol. The van der Waals surface area contributed by atoms with Gasteiger partial charge in [0, 0.05) is 33.2 Å². The Labute approximate surface area is 332 Å². The van der Waals surface area contributed by atoms with E-state index in [-0.39, 0.29) is 34.1 Å². The summed E-state index contributed by atoms with van der Waals surface area (Å²) >= 11 is 0. The first-order valence-electron chi connectivity index (χ1n) is 22.3. The van der Waals surface area contributed by atoms with Crippen LogP contribution in [-0.4, -0.2) is 19.5 Å². The number of fused-ring (bicyclic) bond motifs is 3. The van der Waals surface area contributed by atoms with Crippen LogP contribution in [0.3, 0.4) is 0 Å². The molecular formula is C51H34N4. The van der Waals surface area contributed by atoms with E-state index < -0.39 is 42.3 Å². The summed E-state index contributed by atoms with van der Waals surface area (Å²) in [5.41, 5.74) is 7.92. The second kappa shape index (κ2) is 13.8. The Kier molecular flexibility index (Phi) is 6.04. The second-order valence-corrected chi connectivity index (χ2v) is 13.0. The summed E-state index contributed by atoms with van der Waals surface area (Å²) in [7, 11) is 0. The average Bonchev–Trinajstić information content (AvgIpc) is 3.70. The fourth-order valence-corrected chi connectivity index (χ4v) is 7.13. The van der Waals surface area contributed by atoms with E-state index in [2.05, 4.69) is 18.2 Å². The zero-order valence-electron chi connectivity index (χ0n) is 38.2.